The van der Waals surface area contributed by atoms with Crippen LogP contribution in [-0.4, -0.2) is 44.3 Å². The van der Waals surface area contributed by atoms with E-state index in [0.717, 1.165) is 13.1 Å². The average molecular weight is 322 g/mol. The minimum Gasteiger partial charge on any atom is -0.489 e. The Morgan fingerprint density at radius 2 is 2.04 bits per heavy atom. The zero-order chi connectivity index (χ0) is 16.2. The van der Waals surface area contributed by atoms with Crippen LogP contribution in [-0.2, 0) is 4.74 Å². The Kier molecular flexibility index (Phi) is 5.00. The van der Waals surface area contributed by atoms with Crippen molar-refractivity contribution < 1.29 is 18.7 Å². The SMILES string of the molecule is COCCOc1ccc(F)cc1NC(=O)N1C[C@H]2CCC[C@@H]2C1. The van der Waals surface area contributed by atoms with Crippen LogP contribution in [0.15, 0.2) is 18.2 Å². The smallest absolute Gasteiger partial charge is 0.321 e. The highest BCUT2D eigenvalue weighted by atomic mass is 19.1. The van der Waals surface area contributed by atoms with E-state index < -0.39 is 5.82 Å². The zero-order valence-electron chi connectivity index (χ0n) is 13.4. The number of carbonyl (C=O) groups is 1. The van der Waals surface area contributed by atoms with Crippen LogP contribution in [0.3, 0.4) is 0 Å². The van der Waals surface area contributed by atoms with Gasteiger partial charge in [0, 0.05) is 26.3 Å². The van der Waals surface area contributed by atoms with Crippen molar-refractivity contribution in [3.8, 4) is 5.75 Å². The summed E-state index contributed by atoms with van der Waals surface area (Å²) >= 11 is 0. The summed E-state index contributed by atoms with van der Waals surface area (Å²) in [5.74, 6) is 1.31. The first-order chi connectivity index (χ1) is 11.2. The van der Waals surface area contributed by atoms with Gasteiger partial charge in [0.25, 0.3) is 0 Å². The summed E-state index contributed by atoms with van der Waals surface area (Å²) in [5, 5.41) is 2.79. The number of halogens is 1. The van der Waals surface area contributed by atoms with Gasteiger partial charge in [-0.05, 0) is 36.8 Å². The molecule has 2 fully saturated rings. The largest absolute Gasteiger partial charge is 0.489 e. The van der Waals surface area contributed by atoms with Crippen molar-refractivity contribution in [1.82, 2.24) is 4.90 Å². The summed E-state index contributed by atoms with van der Waals surface area (Å²) in [6, 6.07) is 3.95. The summed E-state index contributed by atoms with van der Waals surface area (Å²) in [6.45, 7) is 2.37. The van der Waals surface area contributed by atoms with Crippen LogP contribution < -0.4 is 10.1 Å². The number of nitrogens with one attached hydrogen (secondary N) is 1. The number of amides is 2. The second-order valence-corrected chi connectivity index (χ2v) is 6.27. The molecule has 2 atom stereocenters. The van der Waals surface area contributed by atoms with E-state index in [4.69, 9.17) is 9.47 Å². The predicted octanol–water partition coefficient (Wildman–Crippen LogP) is 3.11. The molecule has 3 rings (SSSR count). The number of likely N-dealkylation sites (tertiary alicyclic amines) is 1. The number of methoxy groups -OCH3 is 1. The fraction of sp³-hybridized carbons (Fsp3) is 0.588. The predicted molar refractivity (Wildman–Crippen MR) is 85.2 cm³/mol. The maximum atomic E-state index is 13.5. The van der Waals surface area contributed by atoms with Gasteiger partial charge in [-0.3, -0.25) is 0 Å². The third-order valence-electron chi connectivity index (χ3n) is 4.74. The summed E-state index contributed by atoms with van der Waals surface area (Å²) in [6.07, 6.45) is 3.69. The number of ether oxygens (including phenoxy) is 2. The number of anilines is 1. The van der Waals surface area contributed by atoms with Crippen LogP contribution in [0.2, 0.25) is 0 Å². The molecule has 2 aliphatic rings. The van der Waals surface area contributed by atoms with E-state index in [1.807, 2.05) is 4.90 Å². The molecule has 1 aromatic carbocycles. The number of carbonyl (C=O) groups excluding carboxylic acids is 1. The number of benzene rings is 1. The van der Waals surface area contributed by atoms with Gasteiger partial charge in [-0.25, -0.2) is 9.18 Å². The van der Waals surface area contributed by atoms with Gasteiger partial charge >= 0.3 is 6.03 Å². The first-order valence-corrected chi connectivity index (χ1v) is 8.14. The van der Waals surface area contributed by atoms with Gasteiger partial charge in [0.05, 0.1) is 12.3 Å². The van der Waals surface area contributed by atoms with E-state index in [2.05, 4.69) is 5.32 Å². The van der Waals surface area contributed by atoms with Crippen molar-refractivity contribution >= 4 is 11.7 Å². The number of hydrogen-bond acceptors (Lipinski definition) is 3. The second-order valence-electron chi connectivity index (χ2n) is 6.27. The van der Waals surface area contributed by atoms with Gasteiger partial charge in [-0.2, -0.15) is 0 Å². The lowest BCUT2D eigenvalue weighted by Crippen LogP contribution is -2.33. The van der Waals surface area contributed by atoms with Gasteiger partial charge in [0.1, 0.15) is 18.2 Å². The van der Waals surface area contributed by atoms with Crippen LogP contribution >= 0.6 is 0 Å². The molecule has 6 heteroatoms. The zero-order valence-corrected chi connectivity index (χ0v) is 13.4. The molecular weight excluding hydrogens is 299 g/mol. The molecule has 0 bridgehead atoms. The average Bonchev–Trinajstić information content (AvgIpc) is 3.11. The van der Waals surface area contributed by atoms with E-state index in [0.29, 0.717) is 36.5 Å². The highest BCUT2D eigenvalue weighted by Gasteiger charge is 2.38. The first-order valence-electron chi connectivity index (χ1n) is 8.14. The number of nitrogens with zero attached hydrogens (tertiary/aromatic N) is 1. The highest BCUT2D eigenvalue weighted by Crippen LogP contribution is 2.38. The Bertz CT molecular complexity index is 555. The molecule has 1 saturated carbocycles. The Morgan fingerprint density at radius 1 is 1.30 bits per heavy atom. The molecule has 0 radical (unpaired) electrons. The van der Waals surface area contributed by atoms with E-state index >= 15 is 0 Å². The van der Waals surface area contributed by atoms with Crippen molar-refractivity contribution in [1.29, 1.82) is 0 Å². The molecule has 1 aliphatic carbocycles. The van der Waals surface area contributed by atoms with Crippen LogP contribution in [0.5, 0.6) is 5.75 Å². The highest BCUT2D eigenvalue weighted by molar-refractivity contribution is 5.91. The molecule has 2 amide bonds. The van der Waals surface area contributed by atoms with Crippen molar-refractivity contribution in [2.45, 2.75) is 19.3 Å². The fourth-order valence-corrected chi connectivity index (χ4v) is 3.56. The minimum absolute atomic E-state index is 0.179. The molecule has 1 heterocycles. The normalized spacial score (nSPS) is 23.0. The van der Waals surface area contributed by atoms with Crippen molar-refractivity contribution in [2.75, 3.05) is 38.7 Å². The summed E-state index contributed by atoms with van der Waals surface area (Å²) in [5.41, 5.74) is 0.364. The first kappa shape index (κ1) is 16.1. The Hall–Kier alpha value is -1.82. The Balaban J connectivity index is 1.64. The molecule has 1 aromatic rings. The molecule has 1 saturated heterocycles. The van der Waals surface area contributed by atoms with Gasteiger partial charge in [0.15, 0.2) is 0 Å². The summed E-state index contributed by atoms with van der Waals surface area (Å²) in [4.78, 5) is 14.3. The molecule has 126 valence electrons. The van der Waals surface area contributed by atoms with E-state index in [-0.39, 0.29) is 6.03 Å². The maximum absolute atomic E-state index is 13.5. The summed E-state index contributed by atoms with van der Waals surface area (Å²) in [7, 11) is 1.58. The van der Waals surface area contributed by atoms with Crippen LogP contribution in [0.1, 0.15) is 19.3 Å². The van der Waals surface area contributed by atoms with Crippen molar-refractivity contribution in [3.63, 3.8) is 0 Å². The van der Waals surface area contributed by atoms with E-state index in [1.165, 1.54) is 37.5 Å². The lowest BCUT2D eigenvalue weighted by molar-refractivity contribution is 0.146. The van der Waals surface area contributed by atoms with Crippen LogP contribution in [0, 0.1) is 17.7 Å². The molecule has 1 aliphatic heterocycles. The standard InChI is InChI=1S/C17H23FN2O3/c1-22-7-8-23-16-6-5-14(18)9-15(16)19-17(21)20-10-12-3-2-4-13(12)11-20/h5-6,9,12-13H,2-4,7-8,10-11H2,1H3,(H,19,21)/t12-,13-/m1/s1. The second kappa shape index (κ2) is 7.17. The Morgan fingerprint density at radius 3 is 2.74 bits per heavy atom. The minimum atomic E-state index is -0.405. The third kappa shape index (κ3) is 3.75. The van der Waals surface area contributed by atoms with Gasteiger partial charge in [0.2, 0.25) is 0 Å². The maximum Gasteiger partial charge on any atom is 0.321 e. The third-order valence-corrected chi connectivity index (χ3v) is 4.74. The molecule has 0 spiro atoms. The topological polar surface area (TPSA) is 50.8 Å². The fourth-order valence-electron chi connectivity index (χ4n) is 3.56. The Labute approximate surface area is 135 Å². The van der Waals surface area contributed by atoms with Crippen molar-refractivity contribution in [3.05, 3.63) is 24.0 Å². The van der Waals surface area contributed by atoms with Gasteiger partial charge < -0.3 is 19.7 Å². The number of hydrogen-bond donors (Lipinski definition) is 1. The van der Waals surface area contributed by atoms with E-state index in [1.54, 1.807) is 7.11 Å². The molecule has 0 aromatic heterocycles. The molecule has 5 nitrogen and oxygen atoms in total. The monoisotopic (exact) mass is 322 g/mol. The number of fused-ring (bicyclic) bond motifs is 1. The summed E-state index contributed by atoms with van der Waals surface area (Å²) < 4.78 is 24.0. The van der Waals surface area contributed by atoms with Crippen molar-refractivity contribution in [2.24, 2.45) is 11.8 Å². The van der Waals surface area contributed by atoms with Crippen LogP contribution in [0.4, 0.5) is 14.9 Å². The number of rotatable bonds is 5. The lowest BCUT2D eigenvalue weighted by atomic mass is 10.0. The van der Waals surface area contributed by atoms with Gasteiger partial charge in [-0.15, -0.1) is 0 Å². The molecule has 0 unspecified atom stereocenters. The van der Waals surface area contributed by atoms with Gasteiger partial charge in [-0.1, -0.05) is 6.42 Å². The van der Waals surface area contributed by atoms with Crippen LogP contribution in [0.25, 0.3) is 0 Å². The molecule has 1 N–H and O–H groups in total. The quantitative estimate of drug-likeness (QED) is 0.848. The van der Waals surface area contributed by atoms with E-state index in [9.17, 15) is 9.18 Å². The lowest BCUT2D eigenvalue weighted by Gasteiger charge is -2.19. The molecular formula is C17H23FN2O3. The molecule has 23 heavy (non-hydrogen) atoms. The number of urea groups is 1.